The van der Waals surface area contributed by atoms with Crippen molar-refractivity contribution in [2.45, 2.75) is 25.3 Å². The lowest BCUT2D eigenvalue weighted by Crippen LogP contribution is -2.07. The van der Waals surface area contributed by atoms with Crippen molar-refractivity contribution in [2.24, 2.45) is 12.8 Å². The zero-order chi connectivity index (χ0) is 13.2. The zero-order valence-electron chi connectivity index (χ0n) is 11.2. The maximum Gasteiger partial charge on any atom is 0.119 e. The molecule has 2 N–H and O–H groups in total. The Morgan fingerprint density at radius 1 is 1.42 bits per heavy atom. The van der Waals surface area contributed by atoms with Crippen LogP contribution in [0.3, 0.4) is 0 Å². The predicted octanol–water partition coefficient (Wildman–Crippen LogP) is 1.99. The summed E-state index contributed by atoms with van der Waals surface area (Å²) in [7, 11) is 1.95. The minimum atomic E-state index is 0.207. The monoisotopic (exact) mass is 257 g/mol. The summed E-state index contributed by atoms with van der Waals surface area (Å²) in [6, 6.07) is 8.48. The van der Waals surface area contributed by atoms with Crippen molar-refractivity contribution in [3.8, 4) is 5.75 Å². The molecule has 1 aliphatic carbocycles. The van der Waals surface area contributed by atoms with Gasteiger partial charge in [-0.2, -0.15) is 5.10 Å². The van der Waals surface area contributed by atoms with E-state index in [2.05, 4.69) is 17.2 Å². The third-order valence-electron chi connectivity index (χ3n) is 3.79. The van der Waals surface area contributed by atoms with E-state index in [0.29, 0.717) is 6.61 Å². The van der Waals surface area contributed by atoms with E-state index in [0.717, 1.165) is 25.0 Å². The molecular formula is C15H19N3O. The molecule has 1 aromatic heterocycles. The molecule has 1 aromatic carbocycles. The van der Waals surface area contributed by atoms with Gasteiger partial charge in [0.1, 0.15) is 5.75 Å². The topological polar surface area (TPSA) is 53.1 Å². The number of aryl methyl sites for hydroxylation is 2. The first-order chi connectivity index (χ1) is 9.24. The van der Waals surface area contributed by atoms with Gasteiger partial charge < -0.3 is 10.5 Å². The predicted molar refractivity (Wildman–Crippen MR) is 74.1 cm³/mol. The molecule has 1 heterocycles. The molecule has 0 radical (unpaired) electrons. The Labute approximate surface area is 113 Å². The Kier molecular flexibility index (Phi) is 3.25. The van der Waals surface area contributed by atoms with Gasteiger partial charge in [-0.15, -0.1) is 0 Å². The van der Waals surface area contributed by atoms with Crippen LogP contribution in [0.25, 0.3) is 0 Å². The molecule has 19 heavy (non-hydrogen) atoms. The van der Waals surface area contributed by atoms with Crippen LogP contribution in [0.15, 0.2) is 30.5 Å². The van der Waals surface area contributed by atoms with Gasteiger partial charge in [0.2, 0.25) is 0 Å². The molecule has 2 aromatic rings. The highest BCUT2D eigenvalue weighted by Gasteiger charge is 2.18. The van der Waals surface area contributed by atoms with Crippen molar-refractivity contribution in [3.63, 3.8) is 0 Å². The molecule has 100 valence electrons. The highest BCUT2D eigenvalue weighted by molar-refractivity contribution is 5.40. The largest absolute Gasteiger partial charge is 0.493 e. The number of ether oxygens (including phenoxy) is 1. The fraction of sp³-hybridized carbons (Fsp3) is 0.400. The highest BCUT2D eigenvalue weighted by atomic mass is 16.5. The van der Waals surface area contributed by atoms with E-state index in [-0.39, 0.29) is 6.04 Å². The first-order valence-corrected chi connectivity index (χ1v) is 6.72. The SMILES string of the molecule is Cn1nccc1CCOc1ccc2c(c1)CCC2N. The maximum atomic E-state index is 6.03. The van der Waals surface area contributed by atoms with Crippen LogP contribution >= 0.6 is 0 Å². The van der Waals surface area contributed by atoms with Crippen molar-refractivity contribution in [1.82, 2.24) is 9.78 Å². The van der Waals surface area contributed by atoms with Crippen molar-refractivity contribution < 1.29 is 4.74 Å². The molecule has 0 spiro atoms. The maximum absolute atomic E-state index is 6.03. The van der Waals surface area contributed by atoms with Crippen LogP contribution in [-0.4, -0.2) is 16.4 Å². The number of nitrogens with zero attached hydrogens (tertiary/aromatic N) is 2. The summed E-state index contributed by atoms with van der Waals surface area (Å²) >= 11 is 0. The van der Waals surface area contributed by atoms with Crippen molar-refractivity contribution in [1.29, 1.82) is 0 Å². The second kappa shape index (κ2) is 5.05. The van der Waals surface area contributed by atoms with Gasteiger partial charge >= 0.3 is 0 Å². The van der Waals surface area contributed by atoms with Crippen LogP contribution in [0.1, 0.15) is 29.3 Å². The van der Waals surface area contributed by atoms with Crippen molar-refractivity contribution >= 4 is 0 Å². The zero-order valence-corrected chi connectivity index (χ0v) is 11.2. The number of hydrogen-bond acceptors (Lipinski definition) is 3. The van der Waals surface area contributed by atoms with Gasteiger partial charge in [-0.25, -0.2) is 0 Å². The second-order valence-corrected chi connectivity index (χ2v) is 5.05. The van der Waals surface area contributed by atoms with E-state index in [1.165, 1.54) is 16.8 Å². The number of fused-ring (bicyclic) bond motifs is 1. The van der Waals surface area contributed by atoms with E-state index in [1.54, 1.807) is 0 Å². The molecule has 3 rings (SSSR count). The molecule has 0 amide bonds. The van der Waals surface area contributed by atoms with Gasteiger partial charge in [-0.05, 0) is 42.2 Å². The molecule has 4 nitrogen and oxygen atoms in total. The summed E-state index contributed by atoms with van der Waals surface area (Å²) in [5, 5.41) is 4.15. The number of aromatic nitrogens is 2. The quantitative estimate of drug-likeness (QED) is 0.911. The third kappa shape index (κ3) is 2.49. The molecular weight excluding hydrogens is 238 g/mol. The van der Waals surface area contributed by atoms with Crippen LogP contribution < -0.4 is 10.5 Å². The minimum absolute atomic E-state index is 0.207. The Hall–Kier alpha value is -1.81. The molecule has 0 fully saturated rings. The summed E-state index contributed by atoms with van der Waals surface area (Å²) in [6.07, 6.45) is 4.79. The van der Waals surface area contributed by atoms with Crippen molar-refractivity contribution in [3.05, 3.63) is 47.3 Å². The smallest absolute Gasteiger partial charge is 0.119 e. The van der Waals surface area contributed by atoms with E-state index < -0.39 is 0 Å². The van der Waals surface area contributed by atoms with Gasteiger partial charge in [0.05, 0.1) is 6.61 Å². The van der Waals surface area contributed by atoms with Crippen LogP contribution in [0, 0.1) is 0 Å². The van der Waals surface area contributed by atoms with Gasteiger partial charge in [-0.3, -0.25) is 4.68 Å². The Morgan fingerprint density at radius 3 is 3.11 bits per heavy atom. The number of rotatable bonds is 4. The second-order valence-electron chi connectivity index (χ2n) is 5.05. The Bertz CT molecular complexity index is 577. The van der Waals surface area contributed by atoms with Gasteiger partial charge in [0, 0.05) is 31.4 Å². The number of nitrogens with two attached hydrogens (primary N) is 1. The Balaban J connectivity index is 1.60. The lowest BCUT2D eigenvalue weighted by molar-refractivity contribution is 0.318. The number of benzene rings is 1. The molecule has 0 bridgehead atoms. The fourth-order valence-electron chi connectivity index (χ4n) is 2.64. The summed E-state index contributed by atoms with van der Waals surface area (Å²) < 4.78 is 7.69. The average Bonchev–Trinajstić information content (AvgIpc) is 2.97. The molecule has 0 saturated heterocycles. The molecule has 1 unspecified atom stereocenters. The van der Waals surface area contributed by atoms with Crippen LogP contribution in [0.4, 0.5) is 0 Å². The molecule has 0 aliphatic heterocycles. The highest BCUT2D eigenvalue weighted by Crippen LogP contribution is 2.31. The first kappa shape index (κ1) is 12.2. The van der Waals surface area contributed by atoms with Gasteiger partial charge in [0.15, 0.2) is 0 Å². The summed E-state index contributed by atoms with van der Waals surface area (Å²) in [5.41, 5.74) is 9.83. The first-order valence-electron chi connectivity index (χ1n) is 6.72. The molecule has 4 heteroatoms. The average molecular weight is 257 g/mol. The normalized spacial score (nSPS) is 17.5. The fourth-order valence-corrected chi connectivity index (χ4v) is 2.64. The lowest BCUT2D eigenvalue weighted by Gasteiger charge is -2.09. The molecule has 1 aliphatic rings. The Morgan fingerprint density at radius 2 is 2.32 bits per heavy atom. The van der Waals surface area contributed by atoms with Crippen LogP contribution in [0.2, 0.25) is 0 Å². The van der Waals surface area contributed by atoms with Crippen molar-refractivity contribution in [2.75, 3.05) is 6.61 Å². The molecule has 1 atom stereocenters. The third-order valence-corrected chi connectivity index (χ3v) is 3.79. The van der Waals surface area contributed by atoms with E-state index in [1.807, 2.05) is 30.1 Å². The lowest BCUT2D eigenvalue weighted by atomic mass is 10.1. The summed E-state index contributed by atoms with van der Waals surface area (Å²) in [4.78, 5) is 0. The van der Waals surface area contributed by atoms with Crippen LogP contribution in [-0.2, 0) is 19.9 Å². The standard InChI is InChI=1S/C15H19N3O/c1-18-12(6-8-17-18)7-9-19-13-3-4-14-11(10-13)2-5-15(14)16/h3-4,6,8,10,15H,2,5,7,9,16H2,1H3. The van der Waals surface area contributed by atoms with Crippen LogP contribution in [0.5, 0.6) is 5.75 Å². The van der Waals surface area contributed by atoms with Gasteiger partial charge in [-0.1, -0.05) is 6.07 Å². The van der Waals surface area contributed by atoms with Gasteiger partial charge in [0.25, 0.3) is 0 Å². The summed E-state index contributed by atoms with van der Waals surface area (Å²) in [6.45, 7) is 0.671. The van der Waals surface area contributed by atoms with E-state index >= 15 is 0 Å². The minimum Gasteiger partial charge on any atom is -0.493 e. The van der Waals surface area contributed by atoms with E-state index in [9.17, 15) is 0 Å². The van der Waals surface area contributed by atoms with E-state index in [4.69, 9.17) is 10.5 Å². The molecule has 0 saturated carbocycles. The summed E-state index contributed by atoms with van der Waals surface area (Å²) in [5.74, 6) is 0.940. The number of hydrogen-bond donors (Lipinski definition) is 1.